The van der Waals surface area contributed by atoms with E-state index in [9.17, 15) is 17.6 Å². The van der Waals surface area contributed by atoms with Gasteiger partial charge in [-0.25, -0.2) is 12.8 Å². The first-order chi connectivity index (χ1) is 12.4. The number of nitrogens with zero attached hydrogens (tertiary/aromatic N) is 1. The summed E-state index contributed by atoms with van der Waals surface area (Å²) in [4.78, 5) is 12.7. The number of carbonyl (C=O) groups is 1. The van der Waals surface area contributed by atoms with Gasteiger partial charge in [-0.15, -0.1) is 0 Å². The molecule has 1 heterocycles. The monoisotopic (exact) mass is 440 g/mol. The van der Waals surface area contributed by atoms with Crippen molar-refractivity contribution >= 4 is 37.5 Å². The maximum absolute atomic E-state index is 13.7. The van der Waals surface area contributed by atoms with Gasteiger partial charge in [0.25, 0.3) is 0 Å². The fourth-order valence-corrected chi connectivity index (χ4v) is 4.72. The SMILES string of the molecule is O=C(Nc1ccccc1F)C1CCCN(S(=O)(=O)c2ccc(Br)cc2)C1. The summed E-state index contributed by atoms with van der Waals surface area (Å²) in [6, 6.07) is 12.3. The van der Waals surface area contributed by atoms with Gasteiger partial charge in [0.1, 0.15) is 5.82 Å². The zero-order valence-electron chi connectivity index (χ0n) is 13.9. The van der Waals surface area contributed by atoms with Crippen LogP contribution in [0.1, 0.15) is 12.8 Å². The molecular weight excluding hydrogens is 423 g/mol. The highest BCUT2D eigenvalue weighted by atomic mass is 79.9. The van der Waals surface area contributed by atoms with Crippen LogP contribution in [0.5, 0.6) is 0 Å². The fraction of sp³-hybridized carbons (Fsp3) is 0.278. The average Bonchev–Trinajstić information content (AvgIpc) is 2.64. The molecule has 1 amide bonds. The van der Waals surface area contributed by atoms with E-state index in [1.54, 1.807) is 18.2 Å². The van der Waals surface area contributed by atoms with Crippen molar-refractivity contribution in [1.29, 1.82) is 0 Å². The lowest BCUT2D eigenvalue weighted by Crippen LogP contribution is -2.43. The van der Waals surface area contributed by atoms with Crippen LogP contribution in [0.3, 0.4) is 0 Å². The Kier molecular flexibility index (Phi) is 5.74. The van der Waals surface area contributed by atoms with Crippen molar-refractivity contribution in [3.05, 3.63) is 58.8 Å². The first-order valence-corrected chi connectivity index (χ1v) is 10.4. The van der Waals surface area contributed by atoms with E-state index in [2.05, 4.69) is 21.2 Å². The van der Waals surface area contributed by atoms with Crippen molar-refractivity contribution in [2.24, 2.45) is 5.92 Å². The summed E-state index contributed by atoms with van der Waals surface area (Å²) in [5.41, 5.74) is 0.102. The molecule has 0 radical (unpaired) electrons. The molecule has 2 aromatic rings. The van der Waals surface area contributed by atoms with Crippen molar-refractivity contribution < 1.29 is 17.6 Å². The van der Waals surface area contributed by atoms with E-state index < -0.39 is 21.8 Å². The molecule has 1 fully saturated rings. The minimum Gasteiger partial charge on any atom is -0.323 e. The molecule has 0 bridgehead atoms. The molecule has 1 atom stereocenters. The summed E-state index contributed by atoms with van der Waals surface area (Å²) in [6.07, 6.45) is 1.14. The molecule has 8 heteroatoms. The lowest BCUT2D eigenvalue weighted by molar-refractivity contribution is -0.120. The van der Waals surface area contributed by atoms with Crippen LogP contribution in [0, 0.1) is 11.7 Å². The molecule has 0 aromatic heterocycles. The van der Waals surface area contributed by atoms with Crippen LogP contribution < -0.4 is 5.32 Å². The van der Waals surface area contributed by atoms with E-state index in [0.29, 0.717) is 19.4 Å². The molecule has 5 nitrogen and oxygen atoms in total. The summed E-state index contributed by atoms with van der Waals surface area (Å²) >= 11 is 3.28. The second-order valence-electron chi connectivity index (χ2n) is 6.13. The molecule has 0 aliphatic carbocycles. The number of hydrogen-bond acceptors (Lipinski definition) is 3. The predicted octanol–water partition coefficient (Wildman–Crippen LogP) is 3.63. The lowest BCUT2D eigenvalue weighted by Gasteiger charge is -2.31. The predicted molar refractivity (Wildman–Crippen MR) is 101 cm³/mol. The number of halogens is 2. The molecule has 1 saturated heterocycles. The lowest BCUT2D eigenvalue weighted by atomic mass is 9.98. The van der Waals surface area contributed by atoms with Gasteiger partial charge in [-0.3, -0.25) is 4.79 Å². The second-order valence-corrected chi connectivity index (χ2v) is 8.98. The van der Waals surface area contributed by atoms with E-state index in [1.165, 1.54) is 34.6 Å². The first-order valence-electron chi connectivity index (χ1n) is 8.19. The molecule has 138 valence electrons. The number of benzene rings is 2. The molecule has 26 heavy (non-hydrogen) atoms. The largest absolute Gasteiger partial charge is 0.323 e. The van der Waals surface area contributed by atoms with Gasteiger partial charge in [0.2, 0.25) is 15.9 Å². The molecule has 3 rings (SSSR count). The maximum Gasteiger partial charge on any atom is 0.243 e. The van der Waals surface area contributed by atoms with Gasteiger partial charge < -0.3 is 5.32 Å². The highest BCUT2D eigenvalue weighted by Crippen LogP contribution is 2.26. The zero-order valence-corrected chi connectivity index (χ0v) is 16.3. The van der Waals surface area contributed by atoms with Crippen molar-refractivity contribution in [3.63, 3.8) is 0 Å². The highest BCUT2D eigenvalue weighted by Gasteiger charge is 2.33. The van der Waals surface area contributed by atoms with E-state index in [0.717, 1.165) is 4.47 Å². The topological polar surface area (TPSA) is 66.5 Å². The van der Waals surface area contributed by atoms with E-state index >= 15 is 0 Å². The third-order valence-electron chi connectivity index (χ3n) is 4.34. The molecular formula is C18H18BrFN2O3S. The summed E-state index contributed by atoms with van der Waals surface area (Å²) < 4.78 is 41.4. The summed E-state index contributed by atoms with van der Waals surface area (Å²) in [5.74, 6) is -1.41. The highest BCUT2D eigenvalue weighted by molar-refractivity contribution is 9.10. The van der Waals surface area contributed by atoms with Crippen LogP contribution in [0.25, 0.3) is 0 Å². The third-order valence-corrected chi connectivity index (χ3v) is 6.75. The van der Waals surface area contributed by atoms with E-state index in [1.807, 2.05) is 0 Å². The van der Waals surface area contributed by atoms with Crippen LogP contribution in [-0.2, 0) is 14.8 Å². The van der Waals surface area contributed by atoms with Crippen molar-refractivity contribution in [3.8, 4) is 0 Å². The molecule has 1 aliphatic rings. The van der Waals surface area contributed by atoms with Gasteiger partial charge in [-0.2, -0.15) is 4.31 Å². The number of nitrogens with one attached hydrogen (secondary N) is 1. The number of hydrogen-bond donors (Lipinski definition) is 1. The molecule has 0 spiro atoms. The number of amides is 1. The summed E-state index contributed by atoms with van der Waals surface area (Å²) in [6.45, 7) is 0.445. The third kappa shape index (κ3) is 4.13. The Morgan fingerprint density at radius 2 is 1.85 bits per heavy atom. The molecule has 1 unspecified atom stereocenters. The maximum atomic E-state index is 13.7. The first kappa shape index (κ1) is 19.0. The van der Waals surface area contributed by atoms with E-state index in [-0.39, 0.29) is 23.0 Å². The fourth-order valence-electron chi connectivity index (χ4n) is 2.93. The van der Waals surface area contributed by atoms with Gasteiger partial charge in [-0.05, 0) is 49.2 Å². The Morgan fingerprint density at radius 3 is 2.54 bits per heavy atom. The van der Waals surface area contributed by atoms with Gasteiger partial charge >= 0.3 is 0 Å². The van der Waals surface area contributed by atoms with Gasteiger partial charge in [0, 0.05) is 17.6 Å². The summed E-state index contributed by atoms with van der Waals surface area (Å²) in [7, 11) is -3.67. The Hall–Kier alpha value is -1.77. The number of carbonyl (C=O) groups excluding carboxylic acids is 1. The Bertz CT molecular complexity index is 903. The molecule has 1 N–H and O–H groups in total. The van der Waals surface area contributed by atoms with Crippen LogP contribution in [-0.4, -0.2) is 31.7 Å². The number of sulfonamides is 1. The smallest absolute Gasteiger partial charge is 0.243 e. The van der Waals surface area contributed by atoms with Crippen molar-refractivity contribution in [2.75, 3.05) is 18.4 Å². The second kappa shape index (κ2) is 7.85. The van der Waals surface area contributed by atoms with E-state index in [4.69, 9.17) is 0 Å². The van der Waals surface area contributed by atoms with Gasteiger partial charge in [0.05, 0.1) is 16.5 Å². The van der Waals surface area contributed by atoms with Gasteiger partial charge in [0.15, 0.2) is 0 Å². The Balaban J connectivity index is 1.73. The Morgan fingerprint density at radius 1 is 1.15 bits per heavy atom. The number of anilines is 1. The zero-order chi connectivity index (χ0) is 18.7. The van der Waals surface area contributed by atoms with Crippen molar-refractivity contribution in [1.82, 2.24) is 4.31 Å². The normalized spacial score (nSPS) is 18.5. The van der Waals surface area contributed by atoms with Crippen LogP contribution >= 0.6 is 15.9 Å². The van der Waals surface area contributed by atoms with Crippen LogP contribution in [0.15, 0.2) is 57.9 Å². The molecule has 2 aromatic carbocycles. The molecule has 1 aliphatic heterocycles. The average molecular weight is 441 g/mol. The minimum atomic E-state index is -3.67. The minimum absolute atomic E-state index is 0.0820. The summed E-state index contributed by atoms with van der Waals surface area (Å²) in [5, 5.41) is 2.56. The number of piperidine rings is 1. The van der Waals surface area contributed by atoms with Crippen LogP contribution in [0.2, 0.25) is 0 Å². The van der Waals surface area contributed by atoms with Crippen molar-refractivity contribution in [2.45, 2.75) is 17.7 Å². The quantitative estimate of drug-likeness (QED) is 0.788. The number of rotatable bonds is 4. The standard InChI is InChI=1S/C18H18BrFN2O3S/c19-14-7-9-15(10-8-14)26(24,25)22-11-3-4-13(12-22)18(23)21-17-6-2-1-5-16(17)20/h1-2,5-10,13H,3-4,11-12H2,(H,21,23). The van der Waals surface area contributed by atoms with Gasteiger partial charge in [-0.1, -0.05) is 28.1 Å². The number of para-hydroxylation sites is 1. The van der Waals surface area contributed by atoms with Crippen LogP contribution in [0.4, 0.5) is 10.1 Å². The Labute approximate surface area is 160 Å². The molecule has 0 saturated carbocycles.